The average Bonchev–Trinajstić information content (AvgIpc) is 2.97. The van der Waals surface area contributed by atoms with Crippen molar-refractivity contribution < 1.29 is 0 Å². The summed E-state index contributed by atoms with van der Waals surface area (Å²) < 4.78 is 1.83. The summed E-state index contributed by atoms with van der Waals surface area (Å²) in [5.74, 6) is 0.509. The quantitative estimate of drug-likeness (QED) is 0.507. The highest BCUT2D eigenvalue weighted by Crippen LogP contribution is 2.27. The zero-order valence-corrected chi connectivity index (χ0v) is 13.8. The van der Waals surface area contributed by atoms with Gasteiger partial charge in [-0.2, -0.15) is 5.10 Å². The van der Waals surface area contributed by atoms with Crippen LogP contribution in [-0.4, -0.2) is 22.3 Å². The molecule has 0 bridgehead atoms. The van der Waals surface area contributed by atoms with Gasteiger partial charge in [-0.25, -0.2) is 0 Å². The summed E-state index contributed by atoms with van der Waals surface area (Å²) in [5, 5.41) is 7.46. The SMILES string of the molecule is Cn1cc(CCCN=C(N)Nc2cccc3c2CCCC3)cn1. The van der Waals surface area contributed by atoms with Crippen molar-refractivity contribution in [2.45, 2.75) is 38.5 Å². The number of aliphatic imine (C=N–C) groups is 1. The van der Waals surface area contributed by atoms with Crippen LogP contribution in [0.3, 0.4) is 0 Å². The Hall–Kier alpha value is -2.30. The molecule has 1 heterocycles. The van der Waals surface area contributed by atoms with Crippen molar-refractivity contribution in [1.29, 1.82) is 0 Å². The Kier molecular flexibility index (Phi) is 4.95. The minimum absolute atomic E-state index is 0.509. The molecule has 0 unspecified atom stereocenters. The molecular weight excluding hydrogens is 286 g/mol. The number of nitrogens with two attached hydrogens (primary N) is 1. The van der Waals surface area contributed by atoms with E-state index >= 15 is 0 Å². The van der Waals surface area contributed by atoms with E-state index in [4.69, 9.17) is 5.73 Å². The van der Waals surface area contributed by atoms with Crippen LogP contribution in [0.4, 0.5) is 5.69 Å². The molecule has 1 aromatic carbocycles. The molecule has 1 aromatic heterocycles. The zero-order valence-electron chi connectivity index (χ0n) is 13.8. The fourth-order valence-electron chi connectivity index (χ4n) is 3.16. The van der Waals surface area contributed by atoms with Crippen LogP contribution >= 0.6 is 0 Å². The van der Waals surface area contributed by atoms with Gasteiger partial charge in [0.15, 0.2) is 5.96 Å². The number of anilines is 1. The number of hydrogen-bond donors (Lipinski definition) is 2. The van der Waals surface area contributed by atoms with Gasteiger partial charge in [-0.3, -0.25) is 9.67 Å². The number of rotatable bonds is 5. The minimum atomic E-state index is 0.509. The lowest BCUT2D eigenvalue weighted by molar-refractivity contribution is 0.687. The van der Waals surface area contributed by atoms with Gasteiger partial charge in [0.25, 0.3) is 0 Å². The fourth-order valence-corrected chi connectivity index (χ4v) is 3.16. The van der Waals surface area contributed by atoms with Gasteiger partial charge < -0.3 is 11.1 Å². The van der Waals surface area contributed by atoms with Crippen LogP contribution in [0, 0.1) is 0 Å². The van der Waals surface area contributed by atoms with Crippen LogP contribution in [0.5, 0.6) is 0 Å². The maximum absolute atomic E-state index is 6.04. The Balaban J connectivity index is 1.53. The number of fused-ring (bicyclic) bond motifs is 1. The molecule has 0 saturated heterocycles. The van der Waals surface area contributed by atoms with E-state index in [0.29, 0.717) is 5.96 Å². The summed E-state index contributed by atoms with van der Waals surface area (Å²) in [5.41, 5.74) is 11.3. The van der Waals surface area contributed by atoms with E-state index in [0.717, 1.165) is 31.5 Å². The maximum atomic E-state index is 6.04. The van der Waals surface area contributed by atoms with Crippen molar-refractivity contribution in [2.24, 2.45) is 17.8 Å². The second kappa shape index (κ2) is 7.31. The number of aromatic nitrogens is 2. The molecule has 5 heteroatoms. The van der Waals surface area contributed by atoms with E-state index in [-0.39, 0.29) is 0 Å². The Morgan fingerprint density at radius 1 is 1.35 bits per heavy atom. The van der Waals surface area contributed by atoms with Gasteiger partial charge in [0.2, 0.25) is 0 Å². The number of benzene rings is 1. The molecule has 3 N–H and O–H groups in total. The van der Waals surface area contributed by atoms with Crippen LogP contribution in [0.25, 0.3) is 0 Å². The van der Waals surface area contributed by atoms with Crippen molar-refractivity contribution in [3.63, 3.8) is 0 Å². The van der Waals surface area contributed by atoms with Crippen molar-refractivity contribution in [3.8, 4) is 0 Å². The number of aryl methyl sites for hydroxylation is 3. The van der Waals surface area contributed by atoms with Gasteiger partial charge in [0.1, 0.15) is 0 Å². The van der Waals surface area contributed by atoms with Gasteiger partial charge in [0.05, 0.1) is 6.20 Å². The molecule has 23 heavy (non-hydrogen) atoms. The monoisotopic (exact) mass is 311 g/mol. The van der Waals surface area contributed by atoms with Crippen molar-refractivity contribution in [3.05, 3.63) is 47.3 Å². The van der Waals surface area contributed by atoms with Crippen LogP contribution in [0.1, 0.15) is 36.0 Å². The van der Waals surface area contributed by atoms with Crippen molar-refractivity contribution >= 4 is 11.6 Å². The van der Waals surface area contributed by atoms with E-state index in [1.54, 1.807) is 0 Å². The highest BCUT2D eigenvalue weighted by molar-refractivity contribution is 5.93. The lowest BCUT2D eigenvalue weighted by Crippen LogP contribution is -2.24. The molecular formula is C18H25N5. The summed E-state index contributed by atoms with van der Waals surface area (Å²) in [4.78, 5) is 4.45. The Labute approximate surface area is 137 Å². The molecule has 0 aliphatic heterocycles. The summed E-state index contributed by atoms with van der Waals surface area (Å²) in [6.45, 7) is 0.725. The number of hydrogen-bond acceptors (Lipinski definition) is 2. The predicted molar refractivity (Wildman–Crippen MR) is 94.7 cm³/mol. The van der Waals surface area contributed by atoms with E-state index in [9.17, 15) is 0 Å². The standard InChI is InChI=1S/C18H25N5/c1-23-13-14(12-21-23)6-5-11-20-18(19)22-17-10-4-8-15-7-2-3-9-16(15)17/h4,8,10,12-13H,2-3,5-7,9,11H2,1H3,(H3,19,20,22). The highest BCUT2D eigenvalue weighted by Gasteiger charge is 2.12. The van der Waals surface area contributed by atoms with E-state index in [1.165, 1.54) is 36.0 Å². The van der Waals surface area contributed by atoms with Gasteiger partial charge in [-0.05, 0) is 61.3 Å². The van der Waals surface area contributed by atoms with E-state index in [2.05, 4.69) is 33.6 Å². The van der Waals surface area contributed by atoms with Crippen molar-refractivity contribution in [1.82, 2.24) is 9.78 Å². The number of guanidine groups is 1. The van der Waals surface area contributed by atoms with Crippen molar-refractivity contribution in [2.75, 3.05) is 11.9 Å². The van der Waals surface area contributed by atoms with E-state index in [1.807, 2.05) is 24.1 Å². The lowest BCUT2D eigenvalue weighted by atomic mass is 9.90. The molecule has 0 saturated carbocycles. The van der Waals surface area contributed by atoms with Gasteiger partial charge in [0, 0.05) is 25.5 Å². The third-order valence-electron chi connectivity index (χ3n) is 4.32. The van der Waals surface area contributed by atoms with Crippen LogP contribution in [-0.2, 0) is 26.3 Å². The molecule has 1 aliphatic rings. The fraction of sp³-hybridized carbons (Fsp3) is 0.444. The van der Waals surface area contributed by atoms with E-state index < -0.39 is 0 Å². The van der Waals surface area contributed by atoms with Crippen LogP contribution < -0.4 is 11.1 Å². The maximum Gasteiger partial charge on any atom is 0.193 e. The first-order chi connectivity index (χ1) is 11.2. The first-order valence-electron chi connectivity index (χ1n) is 8.37. The summed E-state index contributed by atoms with van der Waals surface area (Å²) in [6, 6.07) is 6.42. The Morgan fingerprint density at radius 2 is 2.22 bits per heavy atom. The molecule has 0 atom stereocenters. The van der Waals surface area contributed by atoms with Gasteiger partial charge in [-0.15, -0.1) is 0 Å². The largest absolute Gasteiger partial charge is 0.370 e. The third-order valence-corrected chi connectivity index (χ3v) is 4.32. The molecule has 2 aromatic rings. The number of nitrogens with zero attached hydrogens (tertiary/aromatic N) is 3. The molecule has 5 nitrogen and oxygen atoms in total. The minimum Gasteiger partial charge on any atom is -0.370 e. The smallest absolute Gasteiger partial charge is 0.193 e. The lowest BCUT2D eigenvalue weighted by Gasteiger charge is -2.19. The molecule has 122 valence electrons. The van der Waals surface area contributed by atoms with Gasteiger partial charge in [-0.1, -0.05) is 12.1 Å². The molecule has 0 radical (unpaired) electrons. The zero-order chi connectivity index (χ0) is 16.1. The number of nitrogens with one attached hydrogen (secondary N) is 1. The molecule has 3 rings (SSSR count). The predicted octanol–water partition coefficient (Wildman–Crippen LogP) is 2.66. The topological polar surface area (TPSA) is 68.2 Å². The molecule has 0 amide bonds. The summed E-state index contributed by atoms with van der Waals surface area (Å²) in [7, 11) is 1.93. The molecule has 0 fully saturated rings. The first-order valence-corrected chi connectivity index (χ1v) is 8.37. The van der Waals surface area contributed by atoms with Gasteiger partial charge >= 0.3 is 0 Å². The third kappa shape index (κ3) is 4.12. The Bertz CT molecular complexity index is 686. The normalized spacial score (nSPS) is 14.6. The second-order valence-corrected chi connectivity index (χ2v) is 6.17. The van der Waals surface area contributed by atoms with Crippen LogP contribution in [0.2, 0.25) is 0 Å². The van der Waals surface area contributed by atoms with Crippen LogP contribution in [0.15, 0.2) is 35.6 Å². The average molecular weight is 311 g/mol. The summed E-state index contributed by atoms with van der Waals surface area (Å²) in [6.07, 6.45) is 10.7. The summed E-state index contributed by atoms with van der Waals surface area (Å²) >= 11 is 0. The Morgan fingerprint density at radius 3 is 3.04 bits per heavy atom. The first kappa shape index (κ1) is 15.6. The second-order valence-electron chi connectivity index (χ2n) is 6.17. The molecule has 1 aliphatic carbocycles. The highest BCUT2D eigenvalue weighted by atomic mass is 15.2. The molecule has 0 spiro atoms.